The number of sulfonamides is 1. The lowest BCUT2D eigenvalue weighted by molar-refractivity contribution is 0.101. The van der Waals surface area contributed by atoms with E-state index in [1.54, 1.807) is 6.07 Å². The van der Waals surface area contributed by atoms with Crippen LogP contribution in [0, 0.1) is 0 Å². The van der Waals surface area contributed by atoms with Gasteiger partial charge in [-0.25, -0.2) is 13.6 Å². The van der Waals surface area contributed by atoms with Gasteiger partial charge in [-0.05, 0) is 13.0 Å². The number of hydrogen-bond donors (Lipinski definition) is 1. The summed E-state index contributed by atoms with van der Waals surface area (Å²) in [5.74, 6) is -0.315. The lowest BCUT2D eigenvalue weighted by Gasteiger charge is -2.02. The molecule has 1 aromatic carbocycles. The van der Waals surface area contributed by atoms with Crippen molar-refractivity contribution >= 4 is 15.8 Å². The van der Waals surface area contributed by atoms with Gasteiger partial charge in [-0.2, -0.15) is 0 Å². The Hall–Kier alpha value is -1.20. The lowest BCUT2D eigenvalue weighted by Crippen LogP contribution is -2.15. The van der Waals surface area contributed by atoms with Gasteiger partial charge in [0, 0.05) is 5.56 Å². The molecule has 0 amide bonds. The maximum atomic E-state index is 11.0. The molecule has 0 aliphatic rings. The predicted molar refractivity (Wildman–Crippen MR) is 59.2 cm³/mol. The van der Waals surface area contributed by atoms with Crippen molar-refractivity contribution in [3.63, 3.8) is 0 Å². The van der Waals surface area contributed by atoms with Crippen LogP contribution in [0.4, 0.5) is 0 Å². The molecule has 0 heterocycles. The third kappa shape index (κ3) is 3.81. The average Bonchev–Trinajstić information content (AvgIpc) is 2.19. The Morgan fingerprint density at radius 3 is 2.00 bits per heavy atom. The summed E-state index contributed by atoms with van der Waals surface area (Å²) in [7, 11) is -3.80. The Balaban J connectivity index is 0.000000921. The molecule has 0 bridgehead atoms. The van der Waals surface area contributed by atoms with Crippen LogP contribution in [0.15, 0.2) is 29.2 Å². The maximum absolute atomic E-state index is 11.0. The average molecular weight is 229 g/mol. The molecule has 0 radical (unpaired) electrons. The number of primary sulfonamides is 1. The standard InChI is InChI=1S/C8H9NO3S.C2H6/c1-6(10)7-4-2-3-5-8(7)13(9,11)12;1-2/h2-5H,1H3,(H2,9,11,12);1-2H3. The van der Waals surface area contributed by atoms with Crippen molar-refractivity contribution < 1.29 is 13.2 Å². The molecule has 0 atom stereocenters. The van der Waals surface area contributed by atoms with E-state index in [4.69, 9.17) is 5.14 Å². The summed E-state index contributed by atoms with van der Waals surface area (Å²) in [5.41, 5.74) is 0.130. The molecule has 2 N–H and O–H groups in total. The molecule has 4 nitrogen and oxygen atoms in total. The van der Waals surface area contributed by atoms with Crippen LogP contribution in [0.3, 0.4) is 0 Å². The van der Waals surface area contributed by atoms with Crippen molar-refractivity contribution in [2.75, 3.05) is 0 Å². The summed E-state index contributed by atoms with van der Waals surface area (Å²) in [6.07, 6.45) is 0. The van der Waals surface area contributed by atoms with Gasteiger partial charge in [-0.3, -0.25) is 4.79 Å². The smallest absolute Gasteiger partial charge is 0.238 e. The molecule has 0 aromatic heterocycles. The molecule has 5 heteroatoms. The van der Waals surface area contributed by atoms with Gasteiger partial charge in [0.2, 0.25) is 10.0 Å². The predicted octanol–water partition coefficient (Wildman–Crippen LogP) is 1.56. The largest absolute Gasteiger partial charge is 0.294 e. The molecular formula is C10H15NO3S. The van der Waals surface area contributed by atoms with Crippen molar-refractivity contribution in [2.24, 2.45) is 5.14 Å². The number of carbonyl (C=O) groups is 1. The van der Waals surface area contributed by atoms with Gasteiger partial charge in [0.15, 0.2) is 5.78 Å². The van der Waals surface area contributed by atoms with E-state index in [2.05, 4.69) is 0 Å². The summed E-state index contributed by atoms with van der Waals surface area (Å²) in [6.45, 7) is 5.30. The van der Waals surface area contributed by atoms with E-state index >= 15 is 0 Å². The first-order valence-corrected chi connectivity index (χ1v) is 6.10. The number of ketones is 1. The van der Waals surface area contributed by atoms with Gasteiger partial charge >= 0.3 is 0 Å². The quantitative estimate of drug-likeness (QED) is 0.782. The summed E-state index contributed by atoms with van der Waals surface area (Å²) >= 11 is 0. The number of rotatable bonds is 2. The zero-order valence-corrected chi connectivity index (χ0v) is 9.84. The van der Waals surface area contributed by atoms with Gasteiger partial charge in [0.05, 0.1) is 4.90 Å². The van der Waals surface area contributed by atoms with E-state index in [1.807, 2.05) is 13.8 Å². The van der Waals surface area contributed by atoms with Crippen molar-refractivity contribution in [2.45, 2.75) is 25.7 Å². The SMILES string of the molecule is CC.CC(=O)c1ccccc1S(N)(=O)=O. The van der Waals surface area contributed by atoms with Crippen LogP contribution >= 0.6 is 0 Å². The second-order valence-corrected chi connectivity index (χ2v) is 4.13. The fourth-order valence-corrected chi connectivity index (χ4v) is 1.79. The van der Waals surface area contributed by atoms with E-state index in [0.29, 0.717) is 0 Å². The molecule has 1 aromatic rings. The van der Waals surface area contributed by atoms with Gasteiger partial charge in [0.25, 0.3) is 0 Å². The first-order chi connectivity index (χ1) is 6.93. The Labute approximate surface area is 90.2 Å². The third-order valence-corrected chi connectivity index (χ3v) is 2.54. The number of Topliss-reactive ketones (excluding diaryl/α,β-unsaturated/α-hetero) is 1. The molecule has 0 fully saturated rings. The lowest BCUT2D eigenvalue weighted by atomic mass is 10.1. The van der Waals surface area contributed by atoms with Crippen LogP contribution in [0.5, 0.6) is 0 Å². The molecule has 1 rings (SSSR count). The molecule has 84 valence electrons. The first-order valence-electron chi connectivity index (χ1n) is 4.55. The zero-order chi connectivity index (χ0) is 12.1. The van der Waals surface area contributed by atoms with Crippen molar-refractivity contribution in [3.8, 4) is 0 Å². The molecule has 0 spiro atoms. The molecule has 15 heavy (non-hydrogen) atoms. The van der Waals surface area contributed by atoms with E-state index in [1.165, 1.54) is 25.1 Å². The summed E-state index contributed by atoms with van der Waals surface area (Å²) in [6, 6.07) is 5.85. The van der Waals surface area contributed by atoms with Crippen molar-refractivity contribution in [3.05, 3.63) is 29.8 Å². The van der Waals surface area contributed by atoms with E-state index in [9.17, 15) is 13.2 Å². The summed E-state index contributed by atoms with van der Waals surface area (Å²) in [5, 5.41) is 4.92. The highest BCUT2D eigenvalue weighted by atomic mass is 32.2. The number of carbonyl (C=O) groups excluding carboxylic acids is 1. The van der Waals surface area contributed by atoms with Crippen molar-refractivity contribution in [1.82, 2.24) is 0 Å². The highest BCUT2D eigenvalue weighted by Crippen LogP contribution is 2.13. The highest BCUT2D eigenvalue weighted by molar-refractivity contribution is 7.89. The number of nitrogens with two attached hydrogens (primary N) is 1. The Morgan fingerprint density at radius 2 is 1.67 bits per heavy atom. The molecule has 0 saturated carbocycles. The first kappa shape index (κ1) is 13.8. The van der Waals surface area contributed by atoms with Crippen LogP contribution in [0.1, 0.15) is 31.1 Å². The van der Waals surface area contributed by atoms with Gasteiger partial charge < -0.3 is 0 Å². The summed E-state index contributed by atoms with van der Waals surface area (Å²) in [4.78, 5) is 10.9. The maximum Gasteiger partial charge on any atom is 0.238 e. The molecule has 0 unspecified atom stereocenters. The van der Waals surface area contributed by atoms with E-state index in [0.717, 1.165) is 0 Å². The van der Waals surface area contributed by atoms with E-state index in [-0.39, 0.29) is 16.2 Å². The molecular weight excluding hydrogens is 214 g/mol. The second kappa shape index (κ2) is 5.63. The third-order valence-electron chi connectivity index (χ3n) is 1.57. The topological polar surface area (TPSA) is 77.2 Å². The minimum Gasteiger partial charge on any atom is -0.294 e. The van der Waals surface area contributed by atoms with Gasteiger partial charge in [0.1, 0.15) is 0 Å². The van der Waals surface area contributed by atoms with Crippen molar-refractivity contribution in [1.29, 1.82) is 0 Å². The van der Waals surface area contributed by atoms with Crippen LogP contribution in [0.2, 0.25) is 0 Å². The fraction of sp³-hybridized carbons (Fsp3) is 0.300. The molecule has 0 saturated heterocycles. The second-order valence-electron chi connectivity index (χ2n) is 2.60. The number of benzene rings is 1. The zero-order valence-electron chi connectivity index (χ0n) is 9.02. The highest BCUT2D eigenvalue weighted by Gasteiger charge is 2.15. The van der Waals surface area contributed by atoms with Gasteiger partial charge in [-0.15, -0.1) is 0 Å². The molecule has 0 aliphatic heterocycles. The number of hydrogen-bond acceptors (Lipinski definition) is 3. The van der Waals surface area contributed by atoms with Crippen LogP contribution in [0.25, 0.3) is 0 Å². The van der Waals surface area contributed by atoms with Crippen LogP contribution < -0.4 is 5.14 Å². The van der Waals surface area contributed by atoms with Crippen LogP contribution in [-0.4, -0.2) is 14.2 Å². The Bertz CT molecular complexity index is 438. The van der Waals surface area contributed by atoms with Gasteiger partial charge in [-0.1, -0.05) is 32.0 Å². The molecule has 0 aliphatic carbocycles. The van der Waals surface area contributed by atoms with Crippen LogP contribution in [-0.2, 0) is 10.0 Å². The fourth-order valence-electron chi connectivity index (χ4n) is 1.01. The Kier molecular flexibility index (Phi) is 5.18. The minimum atomic E-state index is -3.80. The normalized spacial score (nSPS) is 10.1. The summed E-state index contributed by atoms with van der Waals surface area (Å²) < 4.78 is 22.0. The monoisotopic (exact) mass is 229 g/mol. The van der Waals surface area contributed by atoms with E-state index < -0.39 is 10.0 Å². The minimum absolute atomic E-state index is 0.123. The Morgan fingerprint density at radius 1 is 1.20 bits per heavy atom.